The zero-order valence-corrected chi connectivity index (χ0v) is 12.6. The van der Waals surface area contributed by atoms with Gasteiger partial charge in [-0.2, -0.15) is 5.10 Å². The van der Waals surface area contributed by atoms with E-state index in [0.29, 0.717) is 12.3 Å². The normalized spacial score (nSPS) is 21.2. The highest BCUT2D eigenvalue weighted by Gasteiger charge is 2.24. The van der Waals surface area contributed by atoms with E-state index in [2.05, 4.69) is 10.4 Å². The number of hydrogen-bond donors (Lipinski definition) is 1. The molecule has 0 aliphatic carbocycles. The Morgan fingerprint density at radius 3 is 2.90 bits per heavy atom. The molecule has 21 heavy (non-hydrogen) atoms. The Bertz CT molecular complexity index is 695. The fourth-order valence-corrected chi connectivity index (χ4v) is 4.40. The van der Waals surface area contributed by atoms with Gasteiger partial charge < -0.3 is 5.32 Å². The molecule has 1 aliphatic rings. The minimum absolute atomic E-state index is 0.0504. The number of rotatable bonds is 4. The van der Waals surface area contributed by atoms with Gasteiger partial charge in [-0.05, 0) is 30.5 Å². The maximum atomic E-state index is 11.7. The molecule has 0 radical (unpaired) electrons. The summed E-state index contributed by atoms with van der Waals surface area (Å²) in [6.07, 6.45) is 5.33. The zero-order chi connectivity index (χ0) is 14.7. The lowest BCUT2D eigenvalue weighted by Crippen LogP contribution is -2.39. The third kappa shape index (κ3) is 3.51. The lowest BCUT2D eigenvalue weighted by Gasteiger charge is -2.23. The Morgan fingerprint density at radius 2 is 2.14 bits per heavy atom. The molecule has 1 fully saturated rings. The number of aromatic nitrogens is 2. The van der Waals surface area contributed by atoms with E-state index < -0.39 is 9.84 Å². The van der Waals surface area contributed by atoms with Gasteiger partial charge >= 0.3 is 0 Å². The summed E-state index contributed by atoms with van der Waals surface area (Å²) < 4.78 is 25.2. The zero-order valence-electron chi connectivity index (χ0n) is 11.8. The molecule has 0 saturated carbocycles. The van der Waals surface area contributed by atoms with Crippen LogP contribution in [0.2, 0.25) is 0 Å². The van der Waals surface area contributed by atoms with E-state index in [9.17, 15) is 8.42 Å². The van der Waals surface area contributed by atoms with Crippen LogP contribution >= 0.6 is 0 Å². The monoisotopic (exact) mass is 305 g/mol. The van der Waals surface area contributed by atoms with Gasteiger partial charge in [0.15, 0.2) is 9.84 Å². The van der Waals surface area contributed by atoms with Gasteiger partial charge in [-0.1, -0.05) is 18.2 Å². The van der Waals surface area contributed by atoms with Crippen molar-refractivity contribution >= 4 is 9.84 Å². The number of hydrogen-bond acceptors (Lipinski definition) is 4. The van der Waals surface area contributed by atoms with E-state index in [1.54, 1.807) is 6.20 Å². The molecule has 3 rings (SSSR count). The second-order valence-electron chi connectivity index (χ2n) is 5.41. The highest BCUT2D eigenvalue weighted by atomic mass is 32.2. The third-order valence-electron chi connectivity index (χ3n) is 3.79. The van der Waals surface area contributed by atoms with Crippen molar-refractivity contribution in [2.75, 3.05) is 11.5 Å². The van der Waals surface area contributed by atoms with Crippen LogP contribution in [0.4, 0.5) is 0 Å². The van der Waals surface area contributed by atoms with Gasteiger partial charge in [0.05, 0.1) is 17.2 Å². The standard InChI is InChI=1S/C15H19N3O2S/c19-21(20)10-3-6-14(12-21)16-11-13-5-1-2-7-15(13)18-9-4-8-17-18/h1-2,4-5,7-9,14,16H,3,6,10-12H2. The average Bonchev–Trinajstić information content (AvgIpc) is 2.98. The van der Waals surface area contributed by atoms with Crippen LogP contribution in [0.1, 0.15) is 18.4 Å². The number of nitrogens with zero attached hydrogens (tertiary/aromatic N) is 2. The summed E-state index contributed by atoms with van der Waals surface area (Å²) in [5, 5.41) is 7.63. The van der Waals surface area contributed by atoms with Crippen LogP contribution in [-0.4, -0.2) is 35.7 Å². The van der Waals surface area contributed by atoms with Crippen LogP contribution in [0.15, 0.2) is 42.7 Å². The van der Waals surface area contributed by atoms with Crippen molar-refractivity contribution in [1.82, 2.24) is 15.1 Å². The van der Waals surface area contributed by atoms with Gasteiger partial charge in [-0.25, -0.2) is 13.1 Å². The fraction of sp³-hybridized carbons (Fsp3) is 0.400. The quantitative estimate of drug-likeness (QED) is 0.930. The summed E-state index contributed by atoms with van der Waals surface area (Å²) in [5.41, 5.74) is 2.14. The van der Waals surface area contributed by atoms with E-state index in [1.165, 1.54) is 0 Å². The first-order valence-electron chi connectivity index (χ1n) is 7.16. The second-order valence-corrected chi connectivity index (χ2v) is 7.64. The largest absolute Gasteiger partial charge is 0.309 e. The molecule has 112 valence electrons. The summed E-state index contributed by atoms with van der Waals surface area (Å²) in [5.74, 6) is 0.575. The SMILES string of the molecule is O=S1(=O)CCCC(NCc2ccccc2-n2cccn2)C1. The molecule has 1 saturated heterocycles. The molecule has 1 unspecified atom stereocenters. The Morgan fingerprint density at radius 1 is 1.29 bits per heavy atom. The maximum absolute atomic E-state index is 11.7. The number of para-hydroxylation sites is 1. The van der Waals surface area contributed by atoms with Crippen LogP contribution in [0.3, 0.4) is 0 Å². The van der Waals surface area contributed by atoms with Crippen molar-refractivity contribution in [1.29, 1.82) is 0 Å². The lowest BCUT2D eigenvalue weighted by molar-refractivity contribution is 0.479. The Kier molecular flexibility index (Phi) is 4.07. The van der Waals surface area contributed by atoms with Gasteiger partial charge in [0.25, 0.3) is 0 Å². The predicted octanol–water partition coefficient (Wildman–Crippen LogP) is 1.54. The highest BCUT2D eigenvalue weighted by Crippen LogP contribution is 2.16. The molecule has 5 nitrogen and oxygen atoms in total. The first-order valence-corrected chi connectivity index (χ1v) is 8.98. The van der Waals surface area contributed by atoms with Crippen LogP contribution in [0, 0.1) is 0 Å². The van der Waals surface area contributed by atoms with Crippen molar-refractivity contribution in [2.45, 2.75) is 25.4 Å². The van der Waals surface area contributed by atoms with Gasteiger partial charge in [0, 0.05) is 25.0 Å². The Hall–Kier alpha value is -1.66. The number of sulfone groups is 1. The molecular weight excluding hydrogens is 286 g/mol. The average molecular weight is 305 g/mol. The molecule has 0 spiro atoms. The molecule has 2 heterocycles. The smallest absolute Gasteiger partial charge is 0.151 e. The van der Waals surface area contributed by atoms with Crippen molar-refractivity contribution in [3.05, 3.63) is 48.3 Å². The van der Waals surface area contributed by atoms with Crippen molar-refractivity contribution < 1.29 is 8.42 Å². The second kappa shape index (κ2) is 5.99. The fourth-order valence-electron chi connectivity index (χ4n) is 2.73. The van der Waals surface area contributed by atoms with Gasteiger partial charge in [0.1, 0.15) is 0 Å². The summed E-state index contributed by atoms with van der Waals surface area (Å²) >= 11 is 0. The molecule has 1 aromatic heterocycles. The van der Waals surface area contributed by atoms with Crippen LogP contribution in [0.25, 0.3) is 5.69 Å². The third-order valence-corrected chi connectivity index (χ3v) is 5.61. The maximum Gasteiger partial charge on any atom is 0.151 e. The number of benzene rings is 1. The molecule has 1 aliphatic heterocycles. The summed E-state index contributed by atoms with van der Waals surface area (Å²) in [4.78, 5) is 0. The van der Waals surface area contributed by atoms with Gasteiger partial charge in [-0.15, -0.1) is 0 Å². The summed E-state index contributed by atoms with van der Waals surface area (Å²) in [6, 6.07) is 9.96. The topological polar surface area (TPSA) is 64.0 Å². The molecule has 2 aromatic rings. The minimum atomic E-state index is -2.87. The molecule has 0 amide bonds. The molecule has 1 atom stereocenters. The molecule has 0 bridgehead atoms. The van der Waals surface area contributed by atoms with Gasteiger partial charge in [0.2, 0.25) is 0 Å². The van der Waals surface area contributed by atoms with Crippen LogP contribution in [0.5, 0.6) is 0 Å². The Labute approximate surface area is 124 Å². The van der Waals surface area contributed by atoms with Crippen molar-refractivity contribution in [3.8, 4) is 5.69 Å². The molecular formula is C15H19N3O2S. The van der Waals surface area contributed by atoms with Crippen molar-refractivity contribution in [3.63, 3.8) is 0 Å². The summed E-state index contributed by atoms with van der Waals surface area (Å²) in [6.45, 7) is 0.649. The first-order chi connectivity index (χ1) is 10.1. The van der Waals surface area contributed by atoms with E-state index in [0.717, 1.165) is 24.1 Å². The predicted molar refractivity (Wildman–Crippen MR) is 82.1 cm³/mol. The van der Waals surface area contributed by atoms with E-state index in [-0.39, 0.29) is 11.8 Å². The first kappa shape index (κ1) is 14.3. The lowest BCUT2D eigenvalue weighted by atomic mass is 10.1. The van der Waals surface area contributed by atoms with Crippen LogP contribution in [-0.2, 0) is 16.4 Å². The Balaban J connectivity index is 1.71. The van der Waals surface area contributed by atoms with E-state index in [4.69, 9.17) is 0 Å². The highest BCUT2D eigenvalue weighted by molar-refractivity contribution is 7.91. The molecule has 1 N–H and O–H groups in total. The van der Waals surface area contributed by atoms with E-state index >= 15 is 0 Å². The van der Waals surface area contributed by atoms with Crippen LogP contribution < -0.4 is 5.32 Å². The van der Waals surface area contributed by atoms with E-state index in [1.807, 2.05) is 41.2 Å². The minimum Gasteiger partial charge on any atom is -0.309 e. The summed E-state index contributed by atoms with van der Waals surface area (Å²) in [7, 11) is -2.87. The van der Waals surface area contributed by atoms with Gasteiger partial charge in [-0.3, -0.25) is 0 Å². The van der Waals surface area contributed by atoms with Crippen molar-refractivity contribution in [2.24, 2.45) is 0 Å². The number of nitrogens with one attached hydrogen (secondary N) is 1. The molecule has 1 aromatic carbocycles. The molecule has 6 heteroatoms.